The zero-order valence-electron chi connectivity index (χ0n) is 10.3. The fourth-order valence-corrected chi connectivity index (χ4v) is 3.14. The number of rotatable bonds is 2. The fourth-order valence-electron chi connectivity index (χ4n) is 3.14. The normalized spacial score (nSPS) is 20.0. The number of carbonyl (C=O) groups excluding carboxylic acids is 1. The Kier molecular flexibility index (Phi) is 2.26. The molecule has 1 amide bonds. The lowest BCUT2D eigenvalue weighted by atomic mass is 9.65. The van der Waals surface area contributed by atoms with Crippen LogP contribution in [0.1, 0.15) is 43.7 Å². The van der Waals surface area contributed by atoms with Crippen molar-refractivity contribution < 1.29 is 10.5 Å². The molecular weight excluding hydrogens is 212 g/mol. The zero-order valence-corrected chi connectivity index (χ0v) is 10.3. The molecule has 0 bridgehead atoms. The molecule has 1 heterocycles. The van der Waals surface area contributed by atoms with Gasteiger partial charge in [0.1, 0.15) is 5.69 Å². The van der Waals surface area contributed by atoms with Crippen LogP contribution in [0, 0.1) is 0 Å². The molecule has 2 aliphatic rings. The Hall–Kier alpha value is -1.35. The summed E-state index contributed by atoms with van der Waals surface area (Å²) < 4.78 is 0. The van der Waals surface area contributed by atoms with Gasteiger partial charge < -0.3 is 11.1 Å². The van der Waals surface area contributed by atoms with E-state index in [1.807, 2.05) is 0 Å². The van der Waals surface area contributed by atoms with E-state index in [1.165, 1.54) is 11.1 Å². The highest BCUT2D eigenvalue weighted by atomic mass is 16.2. The summed E-state index contributed by atoms with van der Waals surface area (Å²) in [6.07, 6.45) is 5.28. The van der Waals surface area contributed by atoms with Crippen LogP contribution < -0.4 is 11.1 Å². The molecule has 1 aliphatic carbocycles. The van der Waals surface area contributed by atoms with E-state index in [0.717, 1.165) is 43.5 Å². The lowest BCUT2D eigenvalue weighted by Crippen LogP contribution is -2.43. The van der Waals surface area contributed by atoms with Crippen LogP contribution in [0.15, 0.2) is 12.1 Å². The van der Waals surface area contributed by atoms with Gasteiger partial charge in [0.25, 0.3) is 0 Å². The molecular formula is C14H19N2O+. The highest BCUT2D eigenvalue weighted by molar-refractivity contribution is 6.08. The highest BCUT2D eigenvalue weighted by Gasteiger charge is 2.51. The topological polar surface area (TPSA) is 56.7 Å². The minimum absolute atomic E-state index is 0.203. The molecule has 1 aromatic carbocycles. The molecule has 0 saturated heterocycles. The number of quaternary nitrogens is 1. The monoisotopic (exact) mass is 231 g/mol. The van der Waals surface area contributed by atoms with Crippen molar-refractivity contribution in [1.29, 1.82) is 0 Å². The van der Waals surface area contributed by atoms with Gasteiger partial charge in [-0.15, -0.1) is 0 Å². The van der Waals surface area contributed by atoms with Crippen LogP contribution in [0.2, 0.25) is 0 Å². The van der Waals surface area contributed by atoms with Crippen molar-refractivity contribution in [3.8, 4) is 0 Å². The molecule has 1 aromatic rings. The maximum atomic E-state index is 12.2. The Labute approximate surface area is 101 Å². The molecule has 1 spiro atoms. The smallest absolute Gasteiger partial charge is 0.235 e. The maximum absolute atomic E-state index is 12.2. The molecule has 4 N–H and O–H groups in total. The van der Waals surface area contributed by atoms with Crippen LogP contribution in [0.5, 0.6) is 0 Å². The van der Waals surface area contributed by atoms with Crippen molar-refractivity contribution in [2.75, 3.05) is 5.32 Å². The summed E-state index contributed by atoms with van der Waals surface area (Å²) >= 11 is 0. The predicted octanol–water partition coefficient (Wildman–Crippen LogP) is 1.89. The highest BCUT2D eigenvalue weighted by Crippen LogP contribution is 2.52. The first-order chi connectivity index (χ1) is 8.17. The Bertz CT molecular complexity index is 489. The van der Waals surface area contributed by atoms with Crippen LogP contribution in [0.4, 0.5) is 11.4 Å². The number of fused-ring (bicyclic) bond motifs is 2. The molecule has 0 unspecified atom stereocenters. The van der Waals surface area contributed by atoms with Crippen molar-refractivity contribution in [2.45, 2.75) is 44.4 Å². The van der Waals surface area contributed by atoms with Crippen LogP contribution in [0.25, 0.3) is 0 Å². The average Bonchev–Trinajstić information content (AvgIpc) is 2.50. The summed E-state index contributed by atoms with van der Waals surface area (Å²) in [6.45, 7) is 2.16. The summed E-state index contributed by atoms with van der Waals surface area (Å²) in [6, 6.07) is 4.21. The molecule has 0 atom stereocenters. The van der Waals surface area contributed by atoms with E-state index in [0.29, 0.717) is 0 Å². The SMILES string of the molecule is CCCc1cc([NH3+])cc2c1NC(=O)C21CCC1. The van der Waals surface area contributed by atoms with E-state index in [1.54, 1.807) is 0 Å². The van der Waals surface area contributed by atoms with Gasteiger partial charge in [0.15, 0.2) is 0 Å². The van der Waals surface area contributed by atoms with Gasteiger partial charge >= 0.3 is 0 Å². The lowest BCUT2D eigenvalue weighted by Gasteiger charge is -2.36. The number of anilines is 1. The number of nitrogens with one attached hydrogen (secondary N) is 1. The Morgan fingerprint density at radius 2 is 2.18 bits per heavy atom. The van der Waals surface area contributed by atoms with Gasteiger partial charge in [0.05, 0.1) is 5.41 Å². The number of benzene rings is 1. The quantitative estimate of drug-likeness (QED) is 0.802. The van der Waals surface area contributed by atoms with Crippen molar-refractivity contribution in [1.82, 2.24) is 0 Å². The molecule has 3 rings (SSSR count). The molecule has 3 heteroatoms. The van der Waals surface area contributed by atoms with E-state index in [4.69, 9.17) is 0 Å². The third kappa shape index (κ3) is 1.35. The van der Waals surface area contributed by atoms with E-state index in [9.17, 15) is 4.79 Å². The van der Waals surface area contributed by atoms with Gasteiger partial charge in [-0.1, -0.05) is 19.8 Å². The first-order valence-corrected chi connectivity index (χ1v) is 6.48. The molecule has 1 aliphatic heterocycles. The van der Waals surface area contributed by atoms with Gasteiger partial charge in [0.2, 0.25) is 5.91 Å². The Morgan fingerprint density at radius 1 is 1.41 bits per heavy atom. The van der Waals surface area contributed by atoms with Crippen LogP contribution in [-0.4, -0.2) is 5.91 Å². The average molecular weight is 231 g/mol. The summed E-state index contributed by atoms with van der Waals surface area (Å²) in [4.78, 5) is 12.2. The second-order valence-electron chi connectivity index (χ2n) is 5.32. The van der Waals surface area contributed by atoms with Crippen molar-refractivity contribution >= 4 is 17.3 Å². The zero-order chi connectivity index (χ0) is 12.0. The van der Waals surface area contributed by atoms with Crippen molar-refractivity contribution in [3.63, 3.8) is 0 Å². The minimum atomic E-state index is -0.203. The second kappa shape index (κ2) is 3.57. The molecule has 0 aromatic heterocycles. The molecule has 90 valence electrons. The number of carbonyl (C=O) groups is 1. The van der Waals surface area contributed by atoms with Crippen LogP contribution in [-0.2, 0) is 16.6 Å². The Balaban J connectivity index is 2.15. The molecule has 0 radical (unpaired) electrons. The third-order valence-electron chi connectivity index (χ3n) is 4.20. The standard InChI is InChI=1S/C14H18N2O/c1-2-4-9-7-10(15)8-11-12(9)16-13(17)14(11)5-3-6-14/h7-8H,2-6,15H2,1H3,(H,16,17)/p+1. The summed E-state index contributed by atoms with van der Waals surface area (Å²) in [7, 11) is 0. The number of hydrogen-bond acceptors (Lipinski definition) is 1. The van der Waals surface area contributed by atoms with Crippen molar-refractivity contribution in [3.05, 3.63) is 23.3 Å². The van der Waals surface area contributed by atoms with Crippen LogP contribution >= 0.6 is 0 Å². The largest absolute Gasteiger partial charge is 0.325 e. The van der Waals surface area contributed by atoms with Gasteiger partial charge in [-0.25, -0.2) is 0 Å². The lowest BCUT2D eigenvalue weighted by molar-refractivity contribution is -0.254. The van der Waals surface area contributed by atoms with Crippen LogP contribution in [0.3, 0.4) is 0 Å². The van der Waals surface area contributed by atoms with Crippen molar-refractivity contribution in [2.24, 2.45) is 0 Å². The number of aryl methyl sites for hydroxylation is 1. The number of hydrogen-bond donors (Lipinski definition) is 2. The minimum Gasteiger partial charge on any atom is -0.325 e. The van der Waals surface area contributed by atoms with Gasteiger partial charge in [-0.2, -0.15) is 0 Å². The number of amides is 1. The van der Waals surface area contributed by atoms with E-state index in [2.05, 4.69) is 30.1 Å². The first-order valence-electron chi connectivity index (χ1n) is 6.48. The maximum Gasteiger partial charge on any atom is 0.235 e. The molecule has 3 nitrogen and oxygen atoms in total. The fraction of sp³-hybridized carbons (Fsp3) is 0.500. The van der Waals surface area contributed by atoms with Gasteiger partial charge in [-0.05, 0) is 30.4 Å². The van der Waals surface area contributed by atoms with E-state index >= 15 is 0 Å². The molecule has 1 fully saturated rings. The van der Waals surface area contributed by atoms with E-state index in [-0.39, 0.29) is 11.3 Å². The Morgan fingerprint density at radius 3 is 2.76 bits per heavy atom. The summed E-state index contributed by atoms with van der Waals surface area (Å²) in [5.74, 6) is 0.210. The summed E-state index contributed by atoms with van der Waals surface area (Å²) in [5.41, 5.74) is 8.44. The first kappa shape index (κ1) is 10.8. The summed E-state index contributed by atoms with van der Waals surface area (Å²) in [5, 5.41) is 3.10. The third-order valence-corrected chi connectivity index (χ3v) is 4.20. The van der Waals surface area contributed by atoms with Gasteiger partial charge in [-0.3, -0.25) is 4.79 Å². The van der Waals surface area contributed by atoms with E-state index < -0.39 is 0 Å². The second-order valence-corrected chi connectivity index (χ2v) is 5.32. The molecule has 1 saturated carbocycles. The predicted molar refractivity (Wildman–Crippen MR) is 67.1 cm³/mol. The van der Waals surface area contributed by atoms with Gasteiger partial charge in [0, 0.05) is 17.8 Å². The molecule has 17 heavy (non-hydrogen) atoms.